The first kappa shape index (κ1) is 21.1. The fraction of sp³-hybridized carbons (Fsp3) is 0.417. The molecule has 0 unspecified atom stereocenters. The Hall–Kier alpha value is -2.66. The molecule has 154 valence electrons. The summed E-state index contributed by atoms with van der Waals surface area (Å²) in [5.41, 5.74) is 9.73. The molecule has 0 aromatic heterocycles. The number of piperidine rings is 1. The van der Waals surface area contributed by atoms with Crippen molar-refractivity contribution in [3.8, 4) is 11.1 Å². The Morgan fingerprint density at radius 2 is 1.69 bits per heavy atom. The standard InChI is InChI=1S/C24H30N2O3/c1-18-4-8-20(9-5-18)21-10-6-19(7-11-21)16-24(23(25)28)13-3-14-26(17-24)22(27)12-15-29-2/h4-11H,3,12-17H2,1-2H3,(H2,25,28)/t24-/m0/s1. The van der Waals surface area contributed by atoms with E-state index in [9.17, 15) is 9.59 Å². The largest absolute Gasteiger partial charge is 0.384 e. The number of nitrogens with zero attached hydrogens (tertiary/aromatic N) is 1. The minimum atomic E-state index is -0.716. The van der Waals surface area contributed by atoms with Crippen LogP contribution in [0.15, 0.2) is 48.5 Å². The maximum atomic E-state index is 12.4. The van der Waals surface area contributed by atoms with Crippen molar-refractivity contribution in [3.63, 3.8) is 0 Å². The van der Waals surface area contributed by atoms with Crippen LogP contribution in [0.25, 0.3) is 11.1 Å². The SMILES string of the molecule is COCCC(=O)N1CCC[C@@](Cc2ccc(-c3ccc(C)cc3)cc2)(C(N)=O)C1. The van der Waals surface area contributed by atoms with E-state index in [0.29, 0.717) is 39.0 Å². The van der Waals surface area contributed by atoms with Crippen LogP contribution in [0.5, 0.6) is 0 Å². The number of carbonyl (C=O) groups excluding carboxylic acids is 2. The van der Waals surface area contributed by atoms with E-state index in [1.165, 1.54) is 11.1 Å². The van der Waals surface area contributed by atoms with Gasteiger partial charge >= 0.3 is 0 Å². The number of hydrogen-bond donors (Lipinski definition) is 1. The molecule has 1 aliphatic heterocycles. The Bertz CT molecular complexity index is 845. The number of likely N-dealkylation sites (tertiary alicyclic amines) is 1. The van der Waals surface area contributed by atoms with Crippen LogP contribution in [-0.4, -0.2) is 43.5 Å². The molecule has 1 fully saturated rings. The fourth-order valence-electron chi connectivity index (χ4n) is 4.08. The molecule has 2 N–H and O–H groups in total. The molecular weight excluding hydrogens is 364 g/mol. The molecule has 3 rings (SSSR count). The van der Waals surface area contributed by atoms with Crippen LogP contribution < -0.4 is 5.73 Å². The summed E-state index contributed by atoms with van der Waals surface area (Å²) < 4.78 is 5.01. The highest BCUT2D eigenvalue weighted by Gasteiger charge is 2.42. The van der Waals surface area contributed by atoms with Gasteiger partial charge in [0.25, 0.3) is 0 Å². The third-order valence-corrected chi connectivity index (χ3v) is 5.85. The molecule has 1 atom stereocenters. The number of methoxy groups -OCH3 is 1. The zero-order valence-corrected chi connectivity index (χ0v) is 17.3. The van der Waals surface area contributed by atoms with Gasteiger partial charge in [-0.05, 0) is 42.9 Å². The molecule has 5 heteroatoms. The number of aryl methyl sites for hydroxylation is 1. The maximum Gasteiger partial charge on any atom is 0.225 e. The van der Waals surface area contributed by atoms with E-state index in [1.807, 2.05) is 0 Å². The second-order valence-corrected chi connectivity index (χ2v) is 8.05. The van der Waals surface area contributed by atoms with E-state index in [1.54, 1.807) is 12.0 Å². The van der Waals surface area contributed by atoms with Gasteiger partial charge in [0, 0.05) is 20.2 Å². The minimum absolute atomic E-state index is 0.0203. The van der Waals surface area contributed by atoms with Crippen LogP contribution in [0.1, 0.15) is 30.4 Å². The lowest BCUT2D eigenvalue weighted by molar-refractivity contribution is -0.140. The second kappa shape index (κ2) is 9.23. The first-order valence-electron chi connectivity index (χ1n) is 10.2. The molecule has 5 nitrogen and oxygen atoms in total. The molecule has 1 heterocycles. The fourth-order valence-corrected chi connectivity index (χ4v) is 4.08. The van der Waals surface area contributed by atoms with Gasteiger partial charge < -0.3 is 15.4 Å². The quantitative estimate of drug-likeness (QED) is 0.783. The van der Waals surface area contributed by atoms with Crippen LogP contribution in [0.3, 0.4) is 0 Å². The molecule has 29 heavy (non-hydrogen) atoms. The molecular formula is C24H30N2O3. The number of hydrogen-bond acceptors (Lipinski definition) is 3. The summed E-state index contributed by atoms with van der Waals surface area (Å²) in [5.74, 6) is -0.309. The summed E-state index contributed by atoms with van der Waals surface area (Å²) in [6, 6.07) is 16.7. The molecule has 1 saturated heterocycles. The van der Waals surface area contributed by atoms with Crippen LogP contribution in [0, 0.1) is 12.3 Å². The van der Waals surface area contributed by atoms with Gasteiger partial charge in [0.1, 0.15) is 0 Å². The number of primary amides is 1. The van der Waals surface area contributed by atoms with Gasteiger partial charge in [-0.1, -0.05) is 54.1 Å². The average Bonchev–Trinajstić information content (AvgIpc) is 2.73. The lowest BCUT2D eigenvalue weighted by Gasteiger charge is -2.41. The van der Waals surface area contributed by atoms with E-state index in [0.717, 1.165) is 17.5 Å². The third kappa shape index (κ3) is 5.04. The van der Waals surface area contributed by atoms with E-state index in [2.05, 4.69) is 55.5 Å². The predicted octanol–water partition coefficient (Wildman–Crippen LogP) is 3.34. The summed E-state index contributed by atoms with van der Waals surface area (Å²) in [4.78, 5) is 26.7. The van der Waals surface area contributed by atoms with Gasteiger partial charge in [-0.15, -0.1) is 0 Å². The van der Waals surface area contributed by atoms with E-state index in [-0.39, 0.29) is 11.8 Å². The van der Waals surface area contributed by atoms with Gasteiger partial charge in [0.15, 0.2) is 0 Å². The molecule has 0 spiro atoms. The number of nitrogens with two attached hydrogens (primary N) is 1. The molecule has 0 aliphatic carbocycles. The average molecular weight is 395 g/mol. The Morgan fingerprint density at radius 1 is 1.07 bits per heavy atom. The number of carbonyl (C=O) groups is 2. The molecule has 0 saturated carbocycles. The van der Waals surface area contributed by atoms with Gasteiger partial charge in [0.2, 0.25) is 11.8 Å². The van der Waals surface area contributed by atoms with E-state index in [4.69, 9.17) is 10.5 Å². The van der Waals surface area contributed by atoms with Crippen LogP contribution in [0.4, 0.5) is 0 Å². The molecule has 0 radical (unpaired) electrons. The summed E-state index contributed by atoms with van der Waals surface area (Å²) in [6.07, 6.45) is 2.36. The molecule has 1 aliphatic rings. The maximum absolute atomic E-state index is 12.4. The van der Waals surface area contributed by atoms with Gasteiger partial charge in [-0.25, -0.2) is 0 Å². The van der Waals surface area contributed by atoms with Gasteiger partial charge in [-0.2, -0.15) is 0 Å². The second-order valence-electron chi connectivity index (χ2n) is 8.05. The highest BCUT2D eigenvalue weighted by Crippen LogP contribution is 2.34. The molecule has 2 aromatic carbocycles. The van der Waals surface area contributed by atoms with Crippen LogP contribution in [0.2, 0.25) is 0 Å². The number of amides is 2. The van der Waals surface area contributed by atoms with Crippen molar-refractivity contribution in [2.24, 2.45) is 11.1 Å². The highest BCUT2D eigenvalue weighted by molar-refractivity contribution is 5.83. The van der Waals surface area contributed by atoms with Crippen LogP contribution >= 0.6 is 0 Å². The summed E-state index contributed by atoms with van der Waals surface area (Å²) in [5, 5.41) is 0. The first-order valence-corrected chi connectivity index (χ1v) is 10.2. The van der Waals surface area contributed by atoms with Crippen molar-refractivity contribution >= 4 is 11.8 Å². The zero-order chi connectivity index (χ0) is 20.9. The summed E-state index contributed by atoms with van der Waals surface area (Å²) in [6.45, 7) is 3.51. The molecule has 2 amide bonds. The highest BCUT2D eigenvalue weighted by atomic mass is 16.5. The van der Waals surface area contributed by atoms with Crippen molar-refractivity contribution in [2.75, 3.05) is 26.8 Å². The zero-order valence-electron chi connectivity index (χ0n) is 17.3. The van der Waals surface area contributed by atoms with E-state index >= 15 is 0 Å². The van der Waals surface area contributed by atoms with E-state index < -0.39 is 5.41 Å². The Balaban J connectivity index is 1.75. The first-order chi connectivity index (χ1) is 13.9. The third-order valence-electron chi connectivity index (χ3n) is 5.85. The topological polar surface area (TPSA) is 72.6 Å². The lowest BCUT2D eigenvalue weighted by Crippen LogP contribution is -2.53. The lowest BCUT2D eigenvalue weighted by atomic mass is 9.74. The normalized spacial score (nSPS) is 19.2. The number of rotatable bonds is 7. The smallest absolute Gasteiger partial charge is 0.225 e. The number of ether oxygens (including phenoxy) is 1. The van der Waals surface area contributed by atoms with Crippen molar-refractivity contribution in [2.45, 2.75) is 32.6 Å². The van der Waals surface area contributed by atoms with Crippen molar-refractivity contribution in [1.29, 1.82) is 0 Å². The van der Waals surface area contributed by atoms with Crippen molar-refractivity contribution in [1.82, 2.24) is 4.90 Å². The Kier molecular flexibility index (Phi) is 6.70. The monoisotopic (exact) mass is 394 g/mol. The molecule has 0 bridgehead atoms. The minimum Gasteiger partial charge on any atom is -0.384 e. The van der Waals surface area contributed by atoms with Gasteiger partial charge in [0.05, 0.1) is 18.4 Å². The number of benzene rings is 2. The van der Waals surface area contributed by atoms with Gasteiger partial charge in [-0.3, -0.25) is 9.59 Å². The van der Waals surface area contributed by atoms with Crippen molar-refractivity contribution in [3.05, 3.63) is 59.7 Å². The Morgan fingerprint density at radius 3 is 2.28 bits per heavy atom. The van der Waals surface area contributed by atoms with Crippen LogP contribution in [-0.2, 0) is 20.7 Å². The van der Waals surface area contributed by atoms with Crippen molar-refractivity contribution < 1.29 is 14.3 Å². The summed E-state index contributed by atoms with van der Waals surface area (Å²) in [7, 11) is 1.58. The molecule has 2 aromatic rings. The summed E-state index contributed by atoms with van der Waals surface area (Å²) >= 11 is 0. The Labute approximate surface area is 172 Å². The predicted molar refractivity (Wildman–Crippen MR) is 114 cm³/mol.